The molecule has 0 radical (unpaired) electrons. The summed E-state index contributed by atoms with van der Waals surface area (Å²) in [6.45, 7) is 0.367. The van der Waals surface area contributed by atoms with Crippen LogP contribution in [0.1, 0.15) is 11.1 Å². The summed E-state index contributed by atoms with van der Waals surface area (Å²) >= 11 is 3.56. The third-order valence-electron chi connectivity index (χ3n) is 3.76. The van der Waals surface area contributed by atoms with Crippen LogP contribution in [0.15, 0.2) is 52.4 Å². The molecule has 3 rings (SSSR count). The lowest BCUT2D eigenvalue weighted by Crippen LogP contribution is -2.23. The van der Waals surface area contributed by atoms with Gasteiger partial charge in [0.15, 0.2) is 5.17 Å². The van der Waals surface area contributed by atoms with Gasteiger partial charge in [-0.3, -0.25) is 14.7 Å². The number of aliphatic imine (C=N–C) groups is 1. The maximum atomic E-state index is 12.9. The number of rotatable bonds is 4. The van der Waals surface area contributed by atoms with Crippen LogP contribution in [0.4, 0.5) is 4.39 Å². The molecule has 1 heterocycles. The molecule has 1 fully saturated rings. The second-order valence-electron chi connectivity index (χ2n) is 5.59. The van der Waals surface area contributed by atoms with E-state index < -0.39 is 0 Å². The highest BCUT2D eigenvalue weighted by molar-refractivity contribution is 14.1. The van der Waals surface area contributed by atoms with Gasteiger partial charge >= 0.3 is 0 Å². The summed E-state index contributed by atoms with van der Waals surface area (Å²) in [7, 11) is 3.39. The Hall–Kier alpha value is -1.87. The number of halogens is 2. The number of nitrogens with zero attached hydrogens (tertiary/aromatic N) is 2. The second kappa shape index (κ2) is 8.22. The first-order chi connectivity index (χ1) is 12.5. The van der Waals surface area contributed by atoms with Gasteiger partial charge in [-0.1, -0.05) is 18.2 Å². The molecule has 0 saturated carbocycles. The van der Waals surface area contributed by atoms with E-state index in [0.29, 0.717) is 16.7 Å². The van der Waals surface area contributed by atoms with E-state index in [1.807, 2.05) is 24.3 Å². The molecule has 7 heteroatoms. The summed E-state index contributed by atoms with van der Waals surface area (Å²) in [5.74, 6) is 0.430. The van der Waals surface area contributed by atoms with Crippen molar-refractivity contribution in [3.05, 3.63) is 67.9 Å². The lowest BCUT2D eigenvalue weighted by atomic mass is 10.2. The number of amidine groups is 1. The summed E-state index contributed by atoms with van der Waals surface area (Å²) in [6.07, 6.45) is 1.85. The van der Waals surface area contributed by atoms with E-state index in [4.69, 9.17) is 4.74 Å². The Morgan fingerprint density at radius 2 is 2.00 bits per heavy atom. The van der Waals surface area contributed by atoms with Crippen molar-refractivity contribution in [2.45, 2.75) is 6.61 Å². The molecule has 1 amide bonds. The molecule has 0 N–H and O–H groups in total. The van der Waals surface area contributed by atoms with E-state index in [2.05, 4.69) is 27.6 Å². The fourth-order valence-corrected chi connectivity index (χ4v) is 3.99. The van der Waals surface area contributed by atoms with Crippen LogP contribution in [0, 0.1) is 9.39 Å². The molecule has 4 nitrogen and oxygen atoms in total. The van der Waals surface area contributed by atoms with E-state index >= 15 is 0 Å². The number of amides is 1. The van der Waals surface area contributed by atoms with Gasteiger partial charge in [0, 0.05) is 14.1 Å². The zero-order valence-corrected chi connectivity index (χ0v) is 17.2. The van der Waals surface area contributed by atoms with E-state index in [0.717, 1.165) is 20.4 Å². The van der Waals surface area contributed by atoms with Gasteiger partial charge in [-0.05, 0) is 75.8 Å². The summed E-state index contributed by atoms with van der Waals surface area (Å²) < 4.78 is 19.7. The molecule has 0 aromatic heterocycles. The average molecular weight is 482 g/mol. The standard InChI is InChI=1S/C19H16FIN2O2S/c1-22-19-23(2)18(24)17(26-19)10-13-5-8-16(15(21)9-13)25-11-12-3-6-14(20)7-4-12/h3-10H,11H2,1-2H3/b17-10-,22-19?. The van der Waals surface area contributed by atoms with Crippen LogP contribution in [-0.2, 0) is 11.4 Å². The monoisotopic (exact) mass is 482 g/mol. The number of likely N-dealkylation sites (N-methyl/N-ethyl adjacent to an activating group) is 1. The minimum Gasteiger partial charge on any atom is -0.488 e. The molecule has 1 aliphatic heterocycles. The summed E-state index contributed by atoms with van der Waals surface area (Å²) in [5.41, 5.74) is 1.82. The third-order valence-corrected chi connectivity index (χ3v) is 5.75. The highest BCUT2D eigenvalue weighted by Gasteiger charge is 2.29. The van der Waals surface area contributed by atoms with Crippen molar-refractivity contribution < 1.29 is 13.9 Å². The predicted molar refractivity (Wildman–Crippen MR) is 112 cm³/mol. The van der Waals surface area contributed by atoms with Crippen LogP contribution in [-0.4, -0.2) is 30.1 Å². The van der Waals surface area contributed by atoms with Crippen LogP contribution >= 0.6 is 34.4 Å². The van der Waals surface area contributed by atoms with Crippen molar-refractivity contribution >= 4 is 51.5 Å². The molecule has 1 saturated heterocycles. The number of carbonyl (C=O) groups is 1. The predicted octanol–water partition coefficient (Wildman–Crippen LogP) is 4.54. The quantitative estimate of drug-likeness (QED) is 0.475. The Balaban J connectivity index is 1.72. The minimum atomic E-state index is -0.262. The van der Waals surface area contributed by atoms with Crippen molar-refractivity contribution in [3.8, 4) is 5.75 Å². The molecule has 0 atom stereocenters. The van der Waals surface area contributed by atoms with Crippen molar-refractivity contribution in [2.24, 2.45) is 4.99 Å². The first kappa shape index (κ1) is 18.9. The van der Waals surface area contributed by atoms with Gasteiger partial charge in [-0.2, -0.15) is 0 Å². The Labute approximate surface area is 169 Å². The fraction of sp³-hybridized carbons (Fsp3) is 0.158. The lowest BCUT2D eigenvalue weighted by Gasteiger charge is -2.09. The van der Waals surface area contributed by atoms with Gasteiger partial charge in [0.25, 0.3) is 5.91 Å². The Kier molecular flexibility index (Phi) is 5.98. The second-order valence-corrected chi connectivity index (χ2v) is 7.76. The number of carbonyl (C=O) groups excluding carboxylic acids is 1. The number of hydrogen-bond acceptors (Lipinski definition) is 4. The zero-order valence-electron chi connectivity index (χ0n) is 14.2. The molecule has 0 bridgehead atoms. The van der Waals surface area contributed by atoms with Crippen LogP contribution < -0.4 is 4.74 Å². The summed E-state index contributed by atoms with van der Waals surface area (Å²) in [5, 5.41) is 0.690. The normalized spacial score (nSPS) is 17.4. The number of benzene rings is 2. The average Bonchev–Trinajstić information content (AvgIpc) is 2.90. The van der Waals surface area contributed by atoms with Gasteiger partial charge in [-0.15, -0.1) is 0 Å². The molecule has 0 spiro atoms. The maximum absolute atomic E-state index is 12.9. The number of thioether (sulfide) groups is 1. The number of hydrogen-bond donors (Lipinski definition) is 0. The molecule has 1 aliphatic rings. The molecule has 134 valence electrons. The van der Waals surface area contributed by atoms with Crippen molar-refractivity contribution in [2.75, 3.05) is 14.1 Å². The van der Waals surface area contributed by atoms with Crippen LogP contribution in [0.3, 0.4) is 0 Å². The molecule has 2 aromatic rings. The van der Waals surface area contributed by atoms with Crippen LogP contribution in [0.25, 0.3) is 6.08 Å². The van der Waals surface area contributed by atoms with Gasteiger partial charge < -0.3 is 4.74 Å². The van der Waals surface area contributed by atoms with E-state index in [1.165, 1.54) is 23.9 Å². The summed E-state index contributed by atoms with van der Waals surface area (Å²) in [4.78, 5) is 18.5. The number of ether oxygens (including phenoxy) is 1. The highest BCUT2D eigenvalue weighted by Crippen LogP contribution is 2.32. The molecule has 0 unspecified atom stereocenters. The molecular weight excluding hydrogens is 466 g/mol. The van der Waals surface area contributed by atoms with Crippen molar-refractivity contribution in [3.63, 3.8) is 0 Å². The van der Waals surface area contributed by atoms with Crippen LogP contribution in [0.5, 0.6) is 5.75 Å². The Morgan fingerprint density at radius 1 is 1.27 bits per heavy atom. The van der Waals surface area contributed by atoms with Crippen LogP contribution in [0.2, 0.25) is 0 Å². The minimum absolute atomic E-state index is 0.0535. The van der Waals surface area contributed by atoms with Gasteiger partial charge in [-0.25, -0.2) is 4.39 Å². The third kappa shape index (κ3) is 4.27. The largest absolute Gasteiger partial charge is 0.488 e. The molecular formula is C19H16FIN2O2S. The van der Waals surface area contributed by atoms with E-state index in [9.17, 15) is 9.18 Å². The molecule has 0 aliphatic carbocycles. The fourth-order valence-electron chi connectivity index (χ4n) is 2.37. The topological polar surface area (TPSA) is 41.9 Å². The molecule has 26 heavy (non-hydrogen) atoms. The smallest absolute Gasteiger partial charge is 0.266 e. The maximum Gasteiger partial charge on any atom is 0.266 e. The lowest BCUT2D eigenvalue weighted by molar-refractivity contribution is -0.121. The summed E-state index contributed by atoms with van der Waals surface area (Å²) in [6, 6.07) is 12.0. The van der Waals surface area contributed by atoms with Gasteiger partial charge in [0.2, 0.25) is 0 Å². The zero-order chi connectivity index (χ0) is 18.7. The van der Waals surface area contributed by atoms with Crippen molar-refractivity contribution in [1.29, 1.82) is 0 Å². The SMILES string of the molecule is CN=C1S/C(=C\c2ccc(OCc3ccc(F)cc3)c(I)c2)C(=O)N1C. The highest BCUT2D eigenvalue weighted by atomic mass is 127. The Morgan fingerprint density at radius 3 is 2.62 bits per heavy atom. The van der Waals surface area contributed by atoms with E-state index in [-0.39, 0.29) is 11.7 Å². The first-order valence-corrected chi connectivity index (χ1v) is 9.68. The van der Waals surface area contributed by atoms with E-state index in [1.54, 1.807) is 31.1 Å². The van der Waals surface area contributed by atoms with Gasteiger partial charge in [0.05, 0.1) is 8.48 Å². The van der Waals surface area contributed by atoms with Crippen molar-refractivity contribution in [1.82, 2.24) is 4.90 Å². The Bertz CT molecular complexity index is 897. The first-order valence-electron chi connectivity index (χ1n) is 7.79. The molecule has 2 aromatic carbocycles. The van der Waals surface area contributed by atoms with Gasteiger partial charge in [0.1, 0.15) is 18.2 Å².